The molecule has 1 aliphatic heterocycles. The van der Waals surface area contributed by atoms with Gasteiger partial charge in [0.25, 0.3) is 0 Å². The molecule has 0 aromatic carbocycles. The van der Waals surface area contributed by atoms with E-state index in [1.165, 1.54) is 12.8 Å². The van der Waals surface area contributed by atoms with Gasteiger partial charge in [0, 0.05) is 6.42 Å². The number of hydrogen-bond donors (Lipinski definition) is 1. The van der Waals surface area contributed by atoms with Gasteiger partial charge in [-0.3, -0.25) is 0 Å². The summed E-state index contributed by atoms with van der Waals surface area (Å²) in [4.78, 5) is 11.1. The van der Waals surface area contributed by atoms with Crippen LogP contribution in [0.5, 0.6) is 0 Å². The lowest BCUT2D eigenvalue weighted by molar-refractivity contribution is -0.686. The molecule has 1 fully saturated rings. The van der Waals surface area contributed by atoms with Gasteiger partial charge in [-0.1, -0.05) is 0 Å². The number of quaternary nitrogens is 1. The molecule has 0 spiro atoms. The molecule has 0 amide bonds. The van der Waals surface area contributed by atoms with E-state index in [2.05, 4.69) is 5.32 Å². The molecule has 0 aromatic rings. The Bertz CT molecular complexity index is 130. The topological polar surface area (TPSA) is 42.9 Å². The van der Waals surface area contributed by atoms with E-state index in [1.807, 2.05) is 6.92 Å². The van der Waals surface area contributed by atoms with Crippen LogP contribution in [0.3, 0.4) is 0 Å². The molecule has 1 rings (SSSR count). The summed E-state index contributed by atoms with van der Waals surface area (Å²) in [6.45, 7) is 3.42. The quantitative estimate of drug-likeness (QED) is 0.559. The summed E-state index contributed by atoms with van der Waals surface area (Å²) in [6, 6.07) is 0.0868. The number of carbonyl (C=O) groups is 1. The molecule has 3 nitrogen and oxygen atoms in total. The second-order valence-corrected chi connectivity index (χ2v) is 2.88. The summed E-state index contributed by atoms with van der Waals surface area (Å²) in [6.07, 6.45) is 3.38. The number of piperidine rings is 1. The summed E-state index contributed by atoms with van der Waals surface area (Å²) >= 11 is 0. The van der Waals surface area contributed by atoms with E-state index < -0.39 is 0 Å². The molecule has 2 N–H and O–H groups in total. The standard InChI is InChI=1S/C8H15NO2/c1-2-11-8(10)7-5-3-4-6-9-7/h7,9H,2-6H2,1H3/p+1. The van der Waals surface area contributed by atoms with Crippen LogP contribution >= 0.6 is 0 Å². The fraction of sp³-hybridized carbons (Fsp3) is 0.875. The highest BCUT2D eigenvalue weighted by molar-refractivity contribution is 5.74. The lowest BCUT2D eigenvalue weighted by Gasteiger charge is -2.17. The van der Waals surface area contributed by atoms with Crippen molar-refractivity contribution in [2.75, 3.05) is 13.2 Å². The summed E-state index contributed by atoms with van der Waals surface area (Å²) in [5.41, 5.74) is 0. The first-order valence-electron chi connectivity index (χ1n) is 4.34. The van der Waals surface area contributed by atoms with Crippen LogP contribution in [0.25, 0.3) is 0 Å². The Morgan fingerprint density at radius 2 is 2.45 bits per heavy atom. The molecule has 0 aliphatic carbocycles. The van der Waals surface area contributed by atoms with Crippen molar-refractivity contribution in [3.05, 3.63) is 0 Å². The van der Waals surface area contributed by atoms with Gasteiger partial charge in [0.05, 0.1) is 13.2 Å². The second kappa shape index (κ2) is 4.34. The minimum Gasteiger partial charge on any atom is -0.462 e. The minimum atomic E-state index is -0.0350. The van der Waals surface area contributed by atoms with Crippen LogP contribution in [0.1, 0.15) is 26.2 Å². The van der Waals surface area contributed by atoms with Crippen molar-refractivity contribution in [2.24, 2.45) is 0 Å². The van der Waals surface area contributed by atoms with Crippen molar-refractivity contribution < 1.29 is 14.8 Å². The molecule has 0 radical (unpaired) electrons. The first kappa shape index (κ1) is 8.53. The average Bonchev–Trinajstić information content (AvgIpc) is 2.07. The fourth-order valence-electron chi connectivity index (χ4n) is 1.41. The molecule has 1 atom stereocenters. The number of hydrogen-bond acceptors (Lipinski definition) is 2. The normalized spacial score (nSPS) is 24.6. The first-order valence-corrected chi connectivity index (χ1v) is 4.34. The van der Waals surface area contributed by atoms with Crippen molar-refractivity contribution in [3.8, 4) is 0 Å². The molecule has 0 aromatic heterocycles. The monoisotopic (exact) mass is 158 g/mol. The SMILES string of the molecule is CCOC(=O)C1CCCC[NH2+]1. The Balaban J connectivity index is 2.27. The zero-order valence-corrected chi connectivity index (χ0v) is 7.01. The molecule has 3 heteroatoms. The van der Waals surface area contributed by atoms with Gasteiger partial charge in [-0.15, -0.1) is 0 Å². The highest BCUT2D eigenvalue weighted by atomic mass is 16.5. The second-order valence-electron chi connectivity index (χ2n) is 2.88. The Labute approximate surface area is 67.1 Å². The van der Waals surface area contributed by atoms with Crippen LogP contribution < -0.4 is 5.32 Å². The third kappa shape index (κ3) is 2.50. The van der Waals surface area contributed by atoms with E-state index in [4.69, 9.17) is 4.74 Å². The third-order valence-corrected chi connectivity index (χ3v) is 2.01. The average molecular weight is 158 g/mol. The summed E-state index contributed by atoms with van der Waals surface area (Å²) in [5.74, 6) is -0.0350. The van der Waals surface area contributed by atoms with Gasteiger partial charge < -0.3 is 10.1 Å². The van der Waals surface area contributed by atoms with Gasteiger partial charge in [-0.2, -0.15) is 0 Å². The van der Waals surface area contributed by atoms with Crippen LogP contribution in [0.2, 0.25) is 0 Å². The lowest BCUT2D eigenvalue weighted by Crippen LogP contribution is -2.93. The predicted molar refractivity (Wildman–Crippen MR) is 41.1 cm³/mol. The van der Waals surface area contributed by atoms with E-state index in [-0.39, 0.29) is 12.0 Å². The fourth-order valence-corrected chi connectivity index (χ4v) is 1.41. The van der Waals surface area contributed by atoms with Crippen LogP contribution in [0.4, 0.5) is 0 Å². The summed E-state index contributed by atoms with van der Waals surface area (Å²) in [5, 5.41) is 2.08. The number of ether oxygens (including phenoxy) is 1. The van der Waals surface area contributed by atoms with Crippen molar-refractivity contribution >= 4 is 5.97 Å². The number of esters is 1. The smallest absolute Gasteiger partial charge is 0.364 e. The third-order valence-electron chi connectivity index (χ3n) is 2.01. The molecular weight excluding hydrogens is 142 g/mol. The Hall–Kier alpha value is -0.570. The predicted octanol–water partition coefficient (Wildman–Crippen LogP) is -0.335. The zero-order valence-electron chi connectivity index (χ0n) is 7.01. The molecule has 0 saturated carbocycles. The van der Waals surface area contributed by atoms with Crippen molar-refractivity contribution in [2.45, 2.75) is 32.2 Å². The van der Waals surface area contributed by atoms with E-state index in [9.17, 15) is 4.79 Å². The van der Waals surface area contributed by atoms with E-state index in [0.29, 0.717) is 6.61 Å². The number of carbonyl (C=O) groups excluding carboxylic acids is 1. The Morgan fingerprint density at radius 3 is 3.00 bits per heavy atom. The lowest BCUT2D eigenvalue weighted by atomic mass is 10.1. The maximum Gasteiger partial charge on any atom is 0.364 e. The van der Waals surface area contributed by atoms with Gasteiger partial charge in [0.1, 0.15) is 0 Å². The molecular formula is C8H16NO2+. The van der Waals surface area contributed by atoms with Crippen molar-refractivity contribution in [3.63, 3.8) is 0 Å². The zero-order chi connectivity index (χ0) is 8.10. The van der Waals surface area contributed by atoms with E-state index in [1.54, 1.807) is 0 Å². The van der Waals surface area contributed by atoms with Crippen LogP contribution in [0, 0.1) is 0 Å². The maximum atomic E-state index is 11.1. The number of rotatable bonds is 2. The van der Waals surface area contributed by atoms with Crippen LogP contribution in [-0.2, 0) is 9.53 Å². The maximum absolute atomic E-state index is 11.1. The summed E-state index contributed by atoms with van der Waals surface area (Å²) < 4.78 is 4.91. The Morgan fingerprint density at radius 1 is 1.64 bits per heavy atom. The molecule has 0 bridgehead atoms. The van der Waals surface area contributed by atoms with Crippen LogP contribution in [0.15, 0.2) is 0 Å². The molecule has 1 aliphatic rings. The van der Waals surface area contributed by atoms with Gasteiger partial charge in [0.15, 0.2) is 6.04 Å². The van der Waals surface area contributed by atoms with Gasteiger partial charge in [-0.05, 0) is 19.8 Å². The molecule has 64 valence electrons. The van der Waals surface area contributed by atoms with Gasteiger partial charge in [0.2, 0.25) is 0 Å². The Kier molecular flexibility index (Phi) is 3.36. The highest BCUT2D eigenvalue weighted by Gasteiger charge is 2.24. The highest BCUT2D eigenvalue weighted by Crippen LogP contribution is 2.02. The van der Waals surface area contributed by atoms with Crippen LogP contribution in [-0.4, -0.2) is 25.2 Å². The molecule has 1 unspecified atom stereocenters. The summed E-state index contributed by atoms with van der Waals surface area (Å²) in [7, 11) is 0. The molecule has 1 saturated heterocycles. The van der Waals surface area contributed by atoms with Gasteiger partial charge in [-0.25, -0.2) is 4.79 Å². The molecule has 11 heavy (non-hydrogen) atoms. The minimum absolute atomic E-state index is 0.0350. The largest absolute Gasteiger partial charge is 0.462 e. The van der Waals surface area contributed by atoms with Gasteiger partial charge >= 0.3 is 5.97 Å². The number of nitrogens with two attached hydrogens (primary N) is 1. The first-order chi connectivity index (χ1) is 5.34. The van der Waals surface area contributed by atoms with Crippen molar-refractivity contribution in [1.82, 2.24) is 0 Å². The van der Waals surface area contributed by atoms with E-state index >= 15 is 0 Å². The van der Waals surface area contributed by atoms with E-state index in [0.717, 1.165) is 13.0 Å². The van der Waals surface area contributed by atoms with Crippen molar-refractivity contribution in [1.29, 1.82) is 0 Å². The molecule has 1 heterocycles.